The number of carbonyl (C=O) groups is 1. The summed E-state index contributed by atoms with van der Waals surface area (Å²) < 4.78 is 5.38. The molecule has 0 radical (unpaired) electrons. The van der Waals surface area contributed by atoms with Crippen molar-refractivity contribution < 1.29 is 9.53 Å². The molecule has 0 aliphatic heterocycles. The number of unbranched alkanes of at least 4 members (excludes halogenated alkanes) is 2. The molecule has 1 rings (SSSR count). The van der Waals surface area contributed by atoms with Crippen LogP contribution in [-0.2, 0) is 9.53 Å². The lowest BCUT2D eigenvalue weighted by atomic mass is 9.84. The predicted octanol–water partition coefficient (Wildman–Crippen LogP) is 2.22. The minimum Gasteiger partial charge on any atom is -0.372 e. The molecule has 1 atom stereocenters. The van der Waals surface area contributed by atoms with Gasteiger partial charge in [-0.15, -0.1) is 0 Å². The second kappa shape index (κ2) is 10.2. The van der Waals surface area contributed by atoms with Gasteiger partial charge in [-0.25, -0.2) is 0 Å². The Morgan fingerprint density at radius 2 is 2.05 bits per heavy atom. The smallest absolute Gasteiger partial charge is 0.246 e. The largest absolute Gasteiger partial charge is 0.372 e. The van der Waals surface area contributed by atoms with Crippen molar-refractivity contribution in [3.63, 3.8) is 0 Å². The molecule has 0 bridgehead atoms. The molecule has 0 aromatic rings. The number of hydrogen-bond acceptors (Lipinski definition) is 3. The quantitative estimate of drug-likeness (QED) is 0.631. The third kappa shape index (κ3) is 6.92. The van der Waals surface area contributed by atoms with E-state index in [9.17, 15) is 4.79 Å². The molecule has 4 heteroatoms. The van der Waals surface area contributed by atoms with E-state index in [4.69, 9.17) is 10.5 Å². The highest BCUT2D eigenvalue weighted by atomic mass is 16.5. The van der Waals surface area contributed by atoms with Crippen molar-refractivity contribution in [2.45, 2.75) is 64.3 Å². The van der Waals surface area contributed by atoms with E-state index in [0.29, 0.717) is 19.1 Å². The number of ether oxygens (including phenoxy) is 1. The van der Waals surface area contributed by atoms with E-state index >= 15 is 0 Å². The first-order valence-corrected chi connectivity index (χ1v) is 7.85. The van der Waals surface area contributed by atoms with E-state index in [0.717, 1.165) is 12.8 Å². The van der Waals surface area contributed by atoms with Crippen LogP contribution in [0.15, 0.2) is 0 Å². The number of amides is 1. The molecule has 0 aromatic heterocycles. The predicted molar refractivity (Wildman–Crippen MR) is 77.9 cm³/mol. The second-order valence-electron chi connectivity index (χ2n) is 5.57. The van der Waals surface area contributed by atoms with Gasteiger partial charge < -0.3 is 15.8 Å². The molecule has 1 fully saturated rings. The molecule has 0 spiro atoms. The third-order valence-electron chi connectivity index (χ3n) is 3.94. The Labute approximate surface area is 117 Å². The summed E-state index contributed by atoms with van der Waals surface area (Å²) in [6.07, 6.45) is 9.62. The Balaban J connectivity index is 2.17. The molecular weight excluding hydrogens is 240 g/mol. The molecule has 0 saturated heterocycles. The van der Waals surface area contributed by atoms with Gasteiger partial charge in [-0.2, -0.15) is 0 Å². The van der Waals surface area contributed by atoms with Gasteiger partial charge in [0.2, 0.25) is 5.91 Å². The molecule has 3 N–H and O–H groups in total. The Bertz CT molecular complexity index is 240. The van der Waals surface area contributed by atoms with E-state index in [1.165, 1.54) is 38.5 Å². The van der Waals surface area contributed by atoms with Gasteiger partial charge in [0.15, 0.2) is 0 Å². The second-order valence-corrected chi connectivity index (χ2v) is 5.57. The summed E-state index contributed by atoms with van der Waals surface area (Å²) >= 11 is 0. The maximum absolute atomic E-state index is 11.8. The van der Waals surface area contributed by atoms with E-state index in [2.05, 4.69) is 12.2 Å². The van der Waals surface area contributed by atoms with Crippen LogP contribution < -0.4 is 11.1 Å². The monoisotopic (exact) mass is 270 g/mol. The molecule has 1 amide bonds. The van der Waals surface area contributed by atoms with Crippen molar-refractivity contribution in [2.75, 3.05) is 19.8 Å². The van der Waals surface area contributed by atoms with Crippen molar-refractivity contribution in [1.82, 2.24) is 5.32 Å². The van der Waals surface area contributed by atoms with Crippen LogP contribution in [0.2, 0.25) is 0 Å². The highest BCUT2D eigenvalue weighted by molar-refractivity contribution is 5.77. The van der Waals surface area contributed by atoms with Crippen LogP contribution in [0.25, 0.3) is 0 Å². The zero-order valence-electron chi connectivity index (χ0n) is 12.3. The molecule has 1 saturated carbocycles. The van der Waals surface area contributed by atoms with E-state index in [1.807, 2.05) is 0 Å². The minimum atomic E-state index is -0.0162. The summed E-state index contributed by atoms with van der Waals surface area (Å²) in [5, 5.41) is 3.04. The van der Waals surface area contributed by atoms with Crippen molar-refractivity contribution in [3.05, 3.63) is 0 Å². The van der Waals surface area contributed by atoms with E-state index in [-0.39, 0.29) is 18.6 Å². The average molecular weight is 270 g/mol. The fraction of sp³-hybridized carbons (Fsp3) is 0.933. The molecule has 19 heavy (non-hydrogen) atoms. The minimum absolute atomic E-state index is 0.0162. The molecule has 112 valence electrons. The lowest BCUT2D eigenvalue weighted by Crippen LogP contribution is -2.47. The summed E-state index contributed by atoms with van der Waals surface area (Å²) in [6.45, 7) is 3.54. The van der Waals surface area contributed by atoms with E-state index in [1.54, 1.807) is 0 Å². The standard InChI is InChI=1S/C15H30N2O2/c1-2-3-7-10-19-12-15(18)17-14(11-16)13-8-5-4-6-9-13/h13-14H,2-12,16H2,1H3,(H,17,18). The topological polar surface area (TPSA) is 64.3 Å². The van der Waals surface area contributed by atoms with Gasteiger partial charge in [0.1, 0.15) is 6.61 Å². The molecule has 0 heterocycles. The number of rotatable bonds is 9. The molecule has 1 unspecified atom stereocenters. The van der Waals surface area contributed by atoms with Crippen LogP contribution in [0.1, 0.15) is 58.3 Å². The molecular formula is C15H30N2O2. The highest BCUT2D eigenvalue weighted by Gasteiger charge is 2.23. The van der Waals surface area contributed by atoms with Gasteiger partial charge in [0, 0.05) is 19.2 Å². The molecule has 1 aliphatic carbocycles. The maximum Gasteiger partial charge on any atom is 0.246 e. The van der Waals surface area contributed by atoms with Crippen molar-refractivity contribution in [3.8, 4) is 0 Å². The van der Waals surface area contributed by atoms with Crippen molar-refractivity contribution in [2.24, 2.45) is 11.7 Å². The van der Waals surface area contributed by atoms with Crippen molar-refractivity contribution >= 4 is 5.91 Å². The number of nitrogens with one attached hydrogen (secondary N) is 1. The van der Waals surface area contributed by atoms with Crippen LogP contribution in [-0.4, -0.2) is 31.7 Å². The summed E-state index contributed by atoms with van der Waals surface area (Å²) in [5.74, 6) is 0.542. The summed E-state index contributed by atoms with van der Waals surface area (Å²) in [5.41, 5.74) is 5.79. The number of carbonyl (C=O) groups excluding carboxylic acids is 1. The maximum atomic E-state index is 11.8. The summed E-state index contributed by atoms with van der Waals surface area (Å²) in [7, 11) is 0. The van der Waals surface area contributed by atoms with Crippen LogP contribution in [0.5, 0.6) is 0 Å². The Morgan fingerprint density at radius 3 is 2.68 bits per heavy atom. The summed E-state index contributed by atoms with van der Waals surface area (Å²) in [4.78, 5) is 11.8. The average Bonchev–Trinajstić information content (AvgIpc) is 2.45. The van der Waals surface area contributed by atoms with Gasteiger partial charge in [0.05, 0.1) is 0 Å². The highest BCUT2D eigenvalue weighted by Crippen LogP contribution is 2.26. The van der Waals surface area contributed by atoms with Gasteiger partial charge in [-0.1, -0.05) is 39.0 Å². The third-order valence-corrected chi connectivity index (χ3v) is 3.94. The fourth-order valence-corrected chi connectivity index (χ4v) is 2.77. The van der Waals surface area contributed by atoms with Gasteiger partial charge in [-0.05, 0) is 25.2 Å². The molecule has 4 nitrogen and oxygen atoms in total. The van der Waals surface area contributed by atoms with Gasteiger partial charge >= 0.3 is 0 Å². The van der Waals surface area contributed by atoms with Crippen molar-refractivity contribution in [1.29, 1.82) is 0 Å². The van der Waals surface area contributed by atoms with Gasteiger partial charge in [-0.3, -0.25) is 4.79 Å². The van der Waals surface area contributed by atoms with Gasteiger partial charge in [0.25, 0.3) is 0 Å². The number of nitrogens with two attached hydrogens (primary N) is 1. The zero-order chi connectivity index (χ0) is 13.9. The lowest BCUT2D eigenvalue weighted by molar-refractivity contribution is -0.126. The first kappa shape index (κ1) is 16.4. The van der Waals surface area contributed by atoms with E-state index < -0.39 is 0 Å². The van der Waals surface area contributed by atoms with Crippen LogP contribution in [0.3, 0.4) is 0 Å². The van der Waals surface area contributed by atoms with Crippen LogP contribution >= 0.6 is 0 Å². The molecule has 0 aromatic carbocycles. The summed E-state index contributed by atoms with van der Waals surface area (Å²) in [6, 6.07) is 0.132. The Hall–Kier alpha value is -0.610. The lowest BCUT2D eigenvalue weighted by Gasteiger charge is -2.30. The first-order valence-electron chi connectivity index (χ1n) is 7.85. The first-order chi connectivity index (χ1) is 9.27. The zero-order valence-corrected chi connectivity index (χ0v) is 12.3. The van der Waals surface area contributed by atoms with Crippen LogP contribution in [0.4, 0.5) is 0 Å². The normalized spacial score (nSPS) is 18.2. The Kier molecular flexibility index (Phi) is 8.84. The fourth-order valence-electron chi connectivity index (χ4n) is 2.77. The molecule has 1 aliphatic rings. The SMILES string of the molecule is CCCCCOCC(=O)NC(CN)C1CCCCC1. The van der Waals surface area contributed by atoms with Crippen LogP contribution in [0, 0.1) is 5.92 Å². The Morgan fingerprint density at radius 1 is 1.32 bits per heavy atom. The number of hydrogen-bond donors (Lipinski definition) is 2.